The molecular weight excluding hydrogens is 412 g/mol. The molecule has 0 saturated carbocycles. The van der Waals surface area contributed by atoms with Crippen LogP contribution in [0.25, 0.3) is 12.2 Å². The fourth-order valence-corrected chi connectivity index (χ4v) is 3.30. The van der Waals surface area contributed by atoms with Crippen LogP contribution in [0.2, 0.25) is 0 Å². The molecule has 7 heteroatoms. The van der Waals surface area contributed by atoms with Gasteiger partial charge in [0, 0.05) is 5.56 Å². The van der Waals surface area contributed by atoms with Crippen molar-refractivity contribution in [1.82, 2.24) is 0 Å². The van der Waals surface area contributed by atoms with Crippen LogP contribution in [0.15, 0.2) is 30.4 Å². The van der Waals surface area contributed by atoms with E-state index in [-0.39, 0.29) is 11.3 Å². The second-order valence-electron chi connectivity index (χ2n) is 7.11. The third-order valence-corrected chi connectivity index (χ3v) is 4.95. The van der Waals surface area contributed by atoms with Gasteiger partial charge in [-0.1, -0.05) is 17.7 Å². The second kappa shape index (κ2) is 11.1. The molecule has 0 saturated heterocycles. The van der Waals surface area contributed by atoms with Crippen LogP contribution in [0.5, 0.6) is 28.7 Å². The first-order chi connectivity index (χ1) is 15.3. The number of hydrogen-bond acceptors (Lipinski definition) is 7. The summed E-state index contributed by atoms with van der Waals surface area (Å²) in [5.74, 6) is 1.13. The molecule has 2 aromatic carbocycles. The minimum atomic E-state index is -0.647. The van der Waals surface area contributed by atoms with Crippen LogP contribution in [0, 0.1) is 0 Å². The zero-order chi connectivity index (χ0) is 23.8. The highest BCUT2D eigenvalue weighted by Crippen LogP contribution is 2.40. The number of methoxy groups -OCH3 is 5. The van der Waals surface area contributed by atoms with E-state index in [9.17, 15) is 9.90 Å². The van der Waals surface area contributed by atoms with Gasteiger partial charge < -0.3 is 28.8 Å². The maximum Gasteiger partial charge on any atom is 0.342 e. The summed E-state index contributed by atoms with van der Waals surface area (Å²) in [5, 5.41) is 10.9. The lowest BCUT2D eigenvalue weighted by atomic mass is 9.96. The predicted octanol–water partition coefficient (Wildman–Crippen LogP) is 4.89. The average Bonchev–Trinajstić information content (AvgIpc) is 2.79. The summed E-state index contributed by atoms with van der Waals surface area (Å²) in [5.41, 5.74) is 2.73. The van der Waals surface area contributed by atoms with Crippen LogP contribution in [0.3, 0.4) is 0 Å². The van der Waals surface area contributed by atoms with E-state index < -0.39 is 5.97 Å². The lowest BCUT2D eigenvalue weighted by molar-refractivity contribution is 0.0597. The third-order valence-electron chi connectivity index (χ3n) is 4.95. The molecule has 0 amide bonds. The molecule has 172 valence electrons. The zero-order valence-electron chi connectivity index (χ0n) is 19.4. The molecule has 2 aromatic rings. The SMILES string of the molecule is C=C(C)CCc1c(OC)cc(/C=C/c2cc(OC)c(OC)c(OC)c2)c(C(=O)OC)c1O. The highest BCUT2D eigenvalue weighted by Gasteiger charge is 2.23. The molecule has 32 heavy (non-hydrogen) atoms. The highest BCUT2D eigenvalue weighted by molar-refractivity contribution is 5.98. The van der Waals surface area contributed by atoms with Crippen molar-refractivity contribution in [3.8, 4) is 28.7 Å². The van der Waals surface area contributed by atoms with Gasteiger partial charge in [0.2, 0.25) is 5.75 Å². The lowest BCUT2D eigenvalue weighted by Gasteiger charge is -2.16. The number of benzene rings is 2. The van der Waals surface area contributed by atoms with Crippen molar-refractivity contribution in [2.75, 3.05) is 35.5 Å². The first-order valence-electron chi connectivity index (χ1n) is 9.94. The minimum Gasteiger partial charge on any atom is -0.507 e. The maximum absolute atomic E-state index is 12.5. The number of phenolic OH excluding ortho intramolecular Hbond substituents is 1. The van der Waals surface area contributed by atoms with E-state index in [1.54, 1.807) is 30.4 Å². The van der Waals surface area contributed by atoms with Crippen molar-refractivity contribution in [3.63, 3.8) is 0 Å². The van der Waals surface area contributed by atoms with E-state index in [0.717, 1.165) is 11.1 Å². The molecule has 2 rings (SSSR count). The van der Waals surface area contributed by atoms with Crippen LogP contribution in [0.4, 0.5) is 0 Å². The van der Waals surface area contributed by atoms with Crippen LogP contribution in [-0.4, -0.2) is 46.6 Å². The number of ether oxygens (including phenoxy) is 5. The fourth-order valence-electron chi connectivity index (χ4n) is 3.30. The number of aromatic hydroxyl groups is 1. The summed E-state index contributed by atoms with van der Waals surface area (Å²) < 4.78 is 26.5. The van der Waals surface area contributed by atoms with Gasteiger partial charge in [-0.3, -0.25) is 0 Å². The number of hydrogen-bond donors (Lipinski definition) is 1. The number of esters is 1. The minimum absolute atomic E-state index is 0.0636. The van der Waals surface area contributed by atoms with Gasteiger partial charge in [-0.25, -0.2) is 4.79 Å². The molecule has 0 radical (unpaired) electrons. The van der Waals surface area contributed by atoms with E-state index in [0.29, 0.717) is 47.0 Å². The first kappa shape index (κ1) is 24.7. The Hall–Kier alpha value is -3.61. The maximum atomic E-state index is 12.5. The molecule has 0 aromatic heterocycles. The molecule has 0 spiro atoms. The van der Waals surface area contributed by atoms with Crippen molar-refractivity contribution >= 4 is 18.1 Å². The summed E-state index contributed by atoms with van der Waals surface area (Å²) in [7, 11) is 7.39. The van der Waals surface area contributed by atoms with E-state index in [1.807, 2.05) is 6.92 Å². The second-order valence-corrected chi connectivity index (χ2v) is 7.11. The Kier molecular flexibility index (Phi) is 8.58. The highest BCUT2D eigenvalue weighted by atomic mass is 16.5. The molecule has 0 aliphatic heterocycles. The Bertz CT molecular complexity index is 996. The molecule has 0 fully saturated rings. The Morgan fingerprint density at radius 2 is 1.53 bits per heavy atom. The molecule has 0 heterocycles. The van der Waals surface area contributed by atoms with Crippen LogP contribution in [-0.2, 0) is 11.2 Å². The number of phenols is 1. The van der Waals surface area contributed by atoms with Crippen LogP contribution < -0.4 is 18.9 Å². The molecule has 0 aliphatic carbocycles. The summed E-state index contributed by atoms with van der Waals surface area (Å²) in [6.45, 7) is 5.80. The Morgan fingerprint density at radius 3 is 2.00 bits per heavy atom. The normalized spacial score (nSPS) is 10.7. The van der Waals surface area contributed by atoms with Crippen LogP contribution in [0.1, 0.15) is 40.4 Å². The van der Waals surface area contributed by atoms with E-state index in [1.165, 1.54) is 35.5 Å². The summed E-state index contributed by atoms with van der Waals surface area (Å²) in [6, 6.07) is 5.25. The van der Waals surface area contributed by atoms with Gasteiger partial charge >= 0.3 is 5.97 Å². The zero-order valence-corrected chi connectivity index (χ0v) is 19.4. The Balaban J connectivity index is 2.62. The Morgan fingerprint density at radius 1 is 0.938 bits per heavy atom. The smallest absolute Gasteiger partial charge is 0.342 e. The number of carbonyl (C=O) groups excluding carboxylic acids is 1. The number of carbonyl (C=O) groups is 1. The van der Waals surface area contributed by atoms with E-state index in [4.69, 9.17) is 23.7 Å². The van der Waals surface area contributed by atoms with Gasteiger partial charge in [0.1, 0.15) is 17.1 Å². The summed E-state index contributed by atoms with van der Waals surface area (Å²) in [4.78, 5) is 12.5. The van der Waals surface area contributed by atoms with Gasteiger partial charge in [0.15, 0.2) is 11.5 Å². The lowest BCUT2D eigenvalue weighted by Crippen LogP contribution is -2.07. The van der Waals surface area contributed by atoms with Gasteiger partial charge in [0.05, 0.1) is 35.5 Å². The van der Waals surface area contributed by atoms with Crippen molar-refractivity contribution in [2.24, 2.45) is 0 Å². The molecule has 0 unspecified atom stereocenters. The Labute approximate surface area is 188 Å². The molecule has 0 aliphatic rings. The van der Waals surface area contributed by atoms with Crippen molar-refractivity contribution < 1.29 is 33.6 Å². The topological polar surface area (TPSA) is 83.5 Å². The molecular formula is C25H30O7. The average molecular weight is 443 g/mol. The monoisotopic (exact) mass is 442 g/mol. The molecule has 7 nitrogen and oxygen atoms in total. The third kappa shape index (κ3) is 5.35. The molecule has 0 atom stereocenters. The van der Waals surface area contributed by atoms with E-state index in [2.05, 4.69) is 6.58 Å². The fraction of sp³-hybridized carbons (Fsp3) is 0.320. The largest absolute Gasteiger partial charge is 0.507 e. The summed E-state index contributed by atoms with van der Waals surface area (Å²) in [6.07, 6.45) is 4.58. The van der Waals surface area contributed by atoms with Crippen molar-refractivity contribution in [3.05, 3.63) is 52.6 Å². The van der Waals surface area contributed by atoms with Gasteiger partial charge in [-0.05, 0) is 49.1 Å². The van der Waals surface area contributed by atoms with Gasteiger partial charge in [-0.15, -0.1) is 6.58 Å². The summed E-state index contributed by atoms with van der Waals surface area (Å²) >= 11 is 0. The quantitative estimate of drug-likeness (QED) is 0.319. The number of rotatable bonds is 10. The standard InChI is InChI=1S/C25H30O7/c1-15(2)8-11-18-19(28-3)14-17(22(23(18)26)25(27)32-7)10-9-16-12-20(29-4)24(31-6)21(13-16)30-5/h9-10,12-14,26H,1,8,11H2,2-7H3/b10-9+. The predicted molar refractivity (Wildman–Crippen MR) is 124 cm³/mol. The van der Waals surface area contributed by atoms with Crippen molar-refractivity contribution in [1.29, 1.82) is 0 Å². The first-order valence-corrected chi connectivity index (χ1v) is 9.94. The van der Waals surface area contributed by atoms with Crippen LogP contribution >= 0.6 is 0 Å². The molecule has 1 N–H and O–H groups in total. The molecule has 0 bridgehead atoms. The van der Waals surface area contributed by atoms with Gasteiger partial charge in [-0.2, -0.15) is 0 Å². The number of allylic oxidation sites excluding steroid dienone is 1. The van der Waals surface area contributed by atoms with Gasteiger partial charge in [0.25, 0.3) is 0 Å². The van der Waals surface area contributed by atoms with E-state index >= 15 is 0 Å². The van der Waals surface area contributed by atoms with Crippen molar-refractivity contribution in [2.45, 2.75) is 19.8 Å².